The lowest BCUT2D eigenvalue weighted by Crippen LogP contribution is -2.27. The first-order valence-electron chi connectivity index (χ1n) is 6.56. The first kappa shape index (κ1) is 19.8. The van der Waals surface area contributed by atoms with Crippen molar-refractivity contribution in [3.8, 4) is 0 Å². The minimum absolute atomic E-state index is 0.0198. The number of nitrogens with one attached hydrogen (secondary N) is 1. The molecule has 0 aliphatic heterocycles. The van der Waals surface area contributed by atoms with E-state index in [1.54, 1.807) is 0 Å². The van der Waals surface area contributed by atoms with Crippen molar-refractivity contribution >= 4 is 19.7 Å². The van der Waals surface area contributed by atoms with Crippen LogP contribution in [-0.4, -0.2) is 43.3 Å². The quantitative estimate of drug-likeness (QED) is 0.301. The highest BCUT2D eigenvalue weighted by molar-refractivity contribution is 7.48. The molecule has 21 heavy (non-hydrogen) atoms. The highest BCUT2D eigenvalue weighted by Crippen LogP contribution is 2.49. The highest BCUT2D eigenvalue weighted by atomic mass is 31.2. The fourth-order valence-corrected chi connectivity index (χ4v) is 2.35. The fraction of sp³-hybridized carbons (Fsp3) is 0.667. The number of carboxylic acid groups (broad SMARTS) is 1. The third-order valence-corrected chi connectivity index (χ3v) is 3.51. The summed E-state index contributed by atoms with van der Waals surface area (Å²) in [5, 5.41) is 10.9. The molecule has 0 aromatic rings. The number of hydrogen-bond acceptors (Lipinski definition) is 6. The average Bonchev–Trinajstić information content (AvgIpc) is 2.45. The second kappa shape index (κ2) is 11.4. The molecule has 9 heteroatoms. The molecule has 8 nitrogen and oxygen atoms in total. The highest BCUT2D eigenvalue weighted by Gasteiger charge is 2.25. The van der Waals surface area contributed by atoms with E-state index in [0.29, 0.717) is 6.42 Å². The van der Waals surface area contributed by atoms with Gasteiger partial charge in [0.05, 0.1) is 26.2 Å². The first-order valence-corrected chi connectivity index (χ1v) is 8.02. The average molecular weight is 323 g/mol. The molecule has 0 aromatic carbocycles. The minimum Gasteiger partial charge on any atom is -0.481 e. The zero-order valence-corrected chi connectivity index (χ0v) is 13.0. The third-order valence-electron chi connectivity index (χ3n) is 2.04. The van der Waals surface area contributed by atoms with Crippen LogP contribution < -0.4 is 5.32 Å². The number of phosphoric ester groups is 1. The molecule has 0 radical (unpaired) electrons. The number of amides is 1. The molecule has 0 rings (SSSR count). The van der Waals surface area contributed by atoms with Crippen LogP contribution in [0.3, 0.4) is 0 Å². The zero-order valence-electron chi connectivity index (χ0n) is 12.1. The Morgan fingerprint density at radius 1 is 1.24 bits per heavy atom. The maximum absolute atomic E-state index is 12.1. The van der Waals surface area contributed by atoms with Gasteiger partial charge < -0.3 is 10.4 Å². The molecule has 1 atom stereocenters. The van der Waals surface area contributed by atoms with Crippen LogP contribution in [0.2, 0.25) is 0 Å². The lowest BCUT2D eigenvalue weighted by molar-refractivity contribution is -0.138. The molecular weight excluding hydrogens is 301 g/mol. The summed E-state index contributed by atoms with van der Waals surface area (Å²) in [4.78, 5) is 21.5. The zero-order chi connectivity index (χ0) is 16.1. The Kier molecular flexibility index (Phi) is 10.8. The molecular formula is C12H22NO7P. The molecule has 0 saturated carbocycles. The lowest BCUT2D eigenvalue weighted by Gasteiger charge is -2.17. The lowest BCUT2D eigenvalue weighted by atomic mass is 10.3. The Labute approximate surface area is 124 Å². The molecule has 0 spiro atoms. The van der Waals surface area contributed by atoms with Crippen molar-refractivity contribution in [3.63, 3.8) is 0 Å². The number of phosphoric acid groups is 1. The van der Waals surface area contributed by atoms with E-state index in [4.69, 9.17) is 18.7 Å². The predicted molar refractivity (Wildman–Crippen MR) is 75.8 cm³/mol. The molecule has 1 amide bonds. The Balaban J connectivity index is 4.01. The number of rotatable bonds is 13. The molecule has 0 fully saturated rings. The van der Waals surface area contributed by atoms with Crippen molar-refractivity contribution < 1.29 is 32.8 Å². The first-order chi connectivity index (χ1) is 9.93. The number of carboxylic acids is 1. The third kappa shape index (κ3) is 11.2. The van der Waals surface area contributed by atoms with Gasteiger partial charge in [-0.05, 0) is 6.42 Å². The Morgan fingerprint density at radius 3 is 2.48 bits per heavy atom. The standard InChI is InChI=1S/C12H22NO7P/c1-3-8-18-21(17,19-9-4-2)20-10-7-13-11(14)5-6-12(15)16/h3H,1,4-10H2,2H3,(H,13,14)(H,15,16). The van der Waals surface area contributed by atoms with Crippen molar-refractivity contribution in [3.05, 3.63) is 12.7 Å². The van der Waals surface area contributed by atoms with Crippen LogP contribution in [0.4, 0.5) is 0 Å². The van der Waals surface area contributed by atoms with E-state index in [1.165, 1.54) is 6.08 Å². The summed E-state index contributed by atoms with van der Waals surface area (Å²) in [7, 11) is -3.66. The minimum atomic E-state index is -3.66. The van der Waals surface area contributed by atoms with E-state index in [-0.39, 0.29) is 39.2 Å². The molecule has 0 aliphatic rings. The van der Waals surface area contributed by atoms with E-state index in [1.807, 2.05) is 6.92 Å². The van der Waals surface area contributed by atoms with E-state index in [9.17, 15) is 14.2 Å². The maximum Gasteiger partial charge on any atom is 0.475 e. The molecule has 0 aromatic heterocycles. The molecule has 0 aliphatic carbocycles. The van der Waals surface area contributed by atoms with Gasteiger partial charge in [0, 0.05) is 13.0 Å². The number of carbonyl (C=O) groups excluding carboxylic acids is 1. The van der Waals surface area contributed by atoms with Crippen LogP contribution in [0.15, 0.2) is 12.7 Å². The van der Waals surface area contributed by atoms with Gasteiger partial charge in [0.25, 0.3) is 0 Å². The van der Waals surface area contributed by atoms with Crippen LogP contribution in [0.1, 0.15) is 26.2 Å². The second-order valence-electron chi connectivity index (χ2n) is 3.94. The monoisotopic (exact) mass is 323 g/mol. The van der Waals surface area contributed by atoms with Crippen molar-refractivity contribution in [2.75, 3.05) is 26.4 Å². The van der Waals surface area contributed by atoms with E-state index in [2.05, 4.69) is 11.9 Å². The van der Waals surface area contributed by atoms with Crippen molar-refractivity contribution in [1.29, 1.82) is 0 Å². The predicted octanol–water partition coefficient (Wildman–Crippen LogP) is 1.72. The smallest absolute Gasteiger partial charge is 0.475 e. The number of aliphatic carboxylic acids is 1. The van der Waals surface area contributed by atoms with Crippen LogP contribution in [-0.2, 0) is 27.7 Å². The van der Waals surface area contributed by atoms with Crippen molar-refractivity contribution in [2.45, 2.75) is 26.2 Å². The molecule has 0 bridgehead atoms. The Bertz CT molecular complexity index is 386. The molecule has 0 saturated heterocycles. The van der Waals surface area contributed by atoms with Gasteiger partial charge in [0.1, 0.15) is 0 Å². The van der Waals surface area contributed by atoms with Crippen LogP contribution in [0.5, 0.6) is 0 Å². The molecule has 0 heterocycles. The van der Waals surface area contributed by atoms with Gasteiger partial charge in [-0.3, -0.25) is 23.2 Å². The summed E-state index contributed by atoms with van der Waals surface area (Å²) in [6.45, 7) is 5.53. The van der Waals surface area contributed by atoms with E-state index >= 15 is 0 Å². The van der Waals surface area contributed by atoms with Gasteiger partial charge in [-0.25, -0.2) is 4.57 Å². The van der Waals surface area contributed by atoms with Gasteiger partial charge in [0.15, 0.2) is 0 Å². The van der Waals surface area contributed by atoms with Gasteiger partial charge in [-0.2, -0.15) is 0 Å². The SMILES string of the molecule is C=CCOP(=O)(OCCC)OCCNC(=O)CCC(=O)O. The summed E-state index contributed by atoms with van der Waals surface area (Å²) in [5.74, 6) is -1.46. The summed E-state index contributed by atoms with van der Waals surface area (Å²) in [6, 6.07) is 0. The molecule has 122 valence electrons. The van der Waals surface area contributed by atoms with Crippen LogP contribution in [0.25, 0.3) is 0 Å². The summed E-state index contributed by atoms with van der Waals surface area (Å²) in [5.41, 5.74) is 0. The Hall–Kier alpha value is -1.21. The topological polar surface area (TPSA) is 111 Å². The fourth-order valence-electron chi connectivity index (χ4n) is 1.12. The number of hydrogen-bond donors (Lipinski definition) is 2. The summed E-state index contributed by atoms with van der Waals surface area (Å²) < 4.78 is 27.1. The molecule has 1 unspecified atom stereocenters. The van der Waals surface area contributed by atoms with Crippen molar-refractivity contribution in [1.82, 2.24) is 5.32 Å². The van der Waals surface area contributed by atoms with Crippen LogP contribution >= 0.6 is 7.82 Å². The summed E-state index contributed by atoms with van der Waals surface area (Å²) in [6.07, 6.45) is 1.70. The van der Waals surface area contributed by atoms with Crippen LogP contribution in [0, 0.1) is 0 Å². The van der Waals surface area contributed by atoms with Gasteiger partial charge in [-0.15, -0.1) is 6.58 Å². The second-order valence-corrected chi connectivity index (χ2v) is 5.61. The van der Waals surface area contributed by atoms with E-state index < -0.39 is 19.7 Å². The normalized spacial score (nSPS) is 13.4. The largest absolute Gasteiger partial charge is 0.481 e. The van der Waals surface area contributed by atoms with Gasteiger partial charge >= 0.3 is 13.8 Å². The van der Waals surface area contributed by atoms with E-state index in [0.717, 1.165) is 0 Å². The van der Waals surface area contributed by atoms with Crippen molar-refractivity contribution in [2.24, 2.45) is 0 Å². The van der Waals surface area contributed by atoms with Gasteiger partial charge in [0.2, 0.25) is 5.91 Å². The Morgan fingerprint density at radius 2 is 1.90 bits per heavy atom. The maximum atomic E-state index is 12.1. The van der Waals surface area contributed by atoms with Gasteiger partial charge in [-0.1, -0.05) is 13.0 Å². The summed E-state index contributed by atoms with van der Waals surface area (Å²) >= 11 is 0. The molecule has 2 N–H and O–H groups in total. The number of carbonyl (C=O) groups is 2.